The summed E-state index contributed by atoms with van der Waals surface area (Å²) in [6, 6.07) is 15.2. The van der Waals surface area contributed by atoms with Gasteiger partial charge in [0.15, 0.2) is 0 Å². The van der Waals surface area contributed by atoms with Crippen molar-refractivity contribution in [3.8, 4) is 0 Å². The van der Waals surface area contributed by atoms with Crippen molar-refractivity contribution < 1.29 is 19.1 Å². The van der Waals surface area contributed by atoms with Gasteiger partial charge in [-0.1, -0.05) is 60.2 Å². The normalized spacial score (nSPS) is 25.7. The molecule has 3 atom stereocenters. The summed E-state index contributed by atoms with van der Waals surface area (Å²) in [5.74, 6) is -0.0745. The molecule has 0 saturated carbocycles. The molecule has 0 aliphatic carbocycles. The van der Waals surface area contributed by atoms with Gasteiger partial charge in [-0.25, -0.2) is 0 Å². The number of nitrogens with one attached hydrogen (secondary N) is 3. The summed E-state index contributed by atoms with van der Waals surface area (Å²) < 4.78 is 5.60. The van der Waals surface area contributed by atoms with Crippen molar-refractivity contribution >= 4 is 23.4 Å². The van der Waals surface area contributed by atoms with E-state index in [0.29, 0.717) is 58.5 Å². The average Bonchev–Trinajstić information content (AvgIpc) is 2.98. The van der Waals surface area contributed by atoms with Gasteiger partial charge < -0.3 is 20.7 Å². The minimum Gasteiger partial charge on any atom is -0.381 e. The Balaban J connectivity index is 1.31. The Morgan fingerprint density at radius 1 is 1.05 bits per heavy atom. The third kappa shape index (κ3) is 7.47. The van der Waals surface area contributed by atoms with Crippen LogP contribution in [0.25, 0.3) is 0 Å². The topological polar surface area (TPSA) is 99.8 Å². The SMILES string of the molecule is Cc1ccc(NC(=O)CN2CC[C@@H]3NC(=O)[C@H](Cc4ccccc4)NC(=O)C4(C/C=C/C[C@H]3C2)CCOCC4)c(C)c1. The zero-order valence-corrected chi connectivity index (χ0v) is 24.9. The number of nitrogens with zero attached hydrogens (tertiary/aromatic N) is 1. The molecule has 3 amide bonds. The smallest absolute Gasteiger partial charge is 0.243 e. The van der Waals surface area contributed by atoms with Crippen LogP contribution in [-0.4, -0.2) is 67.6 Å². The lowest BCUT2D eigenvalue weighted by atomic mass is 9.75. The van der Waals surface area contributed by atoms with E-state index in [2.05, 4.69) is 39.1 Å². The first-order valence-electron chi connectivity index (χ1n) is 15.3. The molecule has 3 aliphatic rings. The molecule has 0 bridgehead atoms. The number of amides is 3. The van der Waals surface area contributed by atoms with Crippen LogP contribution >= 0.6 is 0 Å². The van der Waals surface area contributed by atoms with Crippen molar-refractivity contribution in [3.05, 3.63) is 77.4 Å². The molecule has 3 heterocycles. The number of benzene rings is 2. The number of piperidine rings is 1. The molecule has 0 aromatic heterocycles. The first-order chi connectivity index (χ1) is 20.3. The van der Waals surface area contributed by atoms with E-state index < -0.39 is 11.5 Å². The highest BCUT2D eigenvalue weighted by Crippen LogP contribution is 2.36. The number of hydrogen-bond donors (Lipinski definition) is 3. The lowest BCUT2D eigenvalue weighted by Gasteiger charge is -2.40. The fourth-order valence-corrected chi connectivity index (χ4v) is 6.55. The summed E-state index contributed by atoms with van der Waals surface area (Å²) in [6.45, 7) is 6.87. The van der Waals surface area contributed by atoms with Crippen LogP contribution in [0.3, 0.4) is 0 Å². The Hall–Kier alpha value is -3.49. The quantitative estimate of drug-likeness (QED) is 0.472. The van der Waals surface area contributed by atoms with Crippen molar-refractivity contribution in [3.63, 3.8) is 0 Å². The molecule has 0 unspecified atom stereocenters. The van der Waals surface area contributed by atoms with Crippen LogP contribution in [-0.2, 0) is 25.5 Å². The van der Waals surface area contributed by atoms with E-state index >= 15 is 0 Å². The maximum Gasteiger partial charge on any atom is 0.243 e. The van der Waals surface area contributed by atoms with Crippen molar-refractivity contribution in [1.82, 2.24) is 15.5 Å². The Kier molecular flexibility index (Phi) is 9.75. The number of anilines is 1. The molecule has 3 aliphatic heterocycles. The fraction of sp³-hybridized carbons (Fsp3) is 0.500. The van der Waals surface area contributed by atoms with Gasteiger partial charge in [0.25, 0.3) is 0 Å². The van der Waals surface area contributed by atoms with Crippen LogP contribution in [0.1, 0.15) is 48.8 Å². The second-order valence-corrected chi connectivity index (χ2v) is 12.3. The van der Waals surface area contributed by atoms with Crippen molar-refractivity contribution in [2.24, 2.45) is 11.3 Å². The maximum atomic E-state index is 13.8. The van der Waals surface area contributed by atoms with E-state index in [1.165, 1.54) is 5.56 Å². The van der Waals surface area contributed by atoms with Crippen LogP contribution in [0.2, 0.25) is 0 Å². The number of rotatable bonds is 5. The van der Waals surface area contributed by atoms with E-state index in [4.69, 9.17) is 4.74 Å². The van der Waals surface area contributed by atoms with Crippen LogP contribution in [0, 0.1) is 25.2 Å². The van der Waals surface area contributed by atoms with Gasteiger partial charge in [-0.05, 0) is 69.1 Å². The number of likely N-dealkylation sites (tertiary alicyclic amines) is 1. The van der Waals surface area contributed by atoms with Gasteiger partial charge in [0.05, 0.1) is 12.0 Å². The fourth-order valence-electron chi connectivity index (χ4n) is 6.55. The Bertz CT molecular complexity index is 1290. The Labute approximate surface area is 249 Å². The number of ether oxygens (including phenoxy) is 1. The summed E-state index contributed by atoms with van der Waals surface area (Å²) >= 11 is 0. The second kappa shape index (κ2) is 13.7. The zero-order valence-electron chi connectivity index (χ0n) is 24.9. The van der Waals surface area contributed by atoms with Gasteiger partial charge in [0, 0.05) is 44.5 Å². The third-order valence-corrected chi connectivity index (χ3v) is 9.12. The van der Waals surface area contributed by atoms with Gasteiger partial charge >= 0.3 is 0 Å². The lowest BCUT2D eigenvalue weighted by molar-refractivity contribution is -0.140. The highest BCUT2D eigenvalue weighted by Gasteiger charge is 2.41. The van der Waals surface area contributed by atoms with E-state index in [-0.39, 0.29) is 29.7 Å². The number of carbonyl (C=O) groups is 3. The molecule has 8 nitrogen and oxygen atoms in total. The van der Waals surface area contributed by atoms with Crippen molar-refractivity contribution in [2.45, 2.75) is 64.5 Å². The van der Waals surface area contributed by atoms with Crippen LogP contribution in [0.15, 0.2) is 60.7 Å². The molecule has 0 radical (unpaired) electrons. The summed E-state index contributed by atoms with van der Waals surface area (Å²) in [4.78, 5) is 42.7. The van der Waals surface area contributed by atoms with Crippen LogP contribution < -0.4 is 16.0 Å². The molecular weight excluding hydrogens is 528 g/mol. The van der Waals surface area contributed by atoms with Crippen molar-refractivity contribution in [1.29, 1.82) is 0 Å². The molecular formula is C34H44N4O4. The van der Waals surface area contributed by atoms with Gasteiger partial charge in [-0.15, -0.1) is 0 Å². The van der Waals surface area contributed by atoms with Crippen molar-refractivity contribution in [2.75, 3.05) is 38.2 Å². The molecule has 5 rings (SSSR count). The maximum absolute atomic E-state index is 13.8. The van der Waals surface area contributed by atoms with E-state index in [1.54, 1.807) is 0 Å². The number of hydrogen-bond acceptors (Lipinski definition) is 5. The highest BCUT2D eigenvalue weighted by molar-refractivity contribution is 5.93. The molecule has 8 heteroatoms. The molecule has 1 spiro atoms. The minimum absolute atomic E-state index is 0.0276. The largest absolute Gasteiger partial charge is 0.381 e. The number of carbonyl (C=O) groups excluding carboxylic acids is 3. The Morgan fingerprint density at radius 2 is 1.83 bits per heavy atom. The average molecular weight is 573 g/mol. The standard InChI is InChI=1S/C34H44N4O4/c1-24-11-12-28(25(2)20-24)35-31(39)23-38-17-13-29-27(22-38)10-6-7-14-34(15-18-42-19-16-34)33(41)37-30(32(40)36-29)21-26-8-4-3-5-9-26/h3-9,11-12,20,27,29-30H,10,13-19,21-23H2,1-2H3,(H,35,39)(H,36,40)(H,37,41)/b7-6+/t27-,29-,30-/m0/s1. The lowest BCUT2D eigenvalue weighted by Crippen LogP contribution is -2.58. The molecule has 3 N–H and O–H groups in total. The molecule has 42 heavy (non-hydrogen) atoms. The van der Waals surface area contributed by atoms with E-state index in [9.17, 15) is 14.4 Å². The van der Waals surface area contributed by atoms with Gasteiger partial charge in [0.2, 0.25) is 17.7 Å². The number of aryl methyl sites for hydroxylation is 2. The number of fused-ring (bicyclic) bond motifs is 1. The minimum atomic E-state index is -0.662. The zero-order chi connectivity index (χ0) is 29.5. The van der Waals surface area contributed by atoms with Crippen LogP contribution in [0.4, 0.5) is 5.69 Å². The number of allylic oxidation sites excluding steroid dienone is 2. The molecule has 2 aromatic carbocycles. The Morgan fingerprint density at radius 3 is 2.60 bits per heavy atom. The van der Waals surface area contributed by atoms with Gasteiger partial charge in [-0.3, -0.25) is 19.3 Å². The molecule has 2 saturated heterocycles. The summed E-state index contributed by atoms with van der Waals surface area (Å²) in [5, 5.41) is 9.53. The van der Waals surface area contributed by atoms with E-state index in [1.807, 2.05) is 56.3 Å². The third-order valence-electron chi connectivity index (χ3n) is 9.12. The van der Waals surface area contributed by atoms with Gasteiger partial charge in [-0.2, -0.15) is 0 Å². The first-order valence-corrected chi connectivity index (χ1v) is 15.3. The molecule has 2 aromatic rings. The summed E-state index contributed by atoms with van der Waals surface area (Å²) in [6.07, 6.45) is 8.16. The van der Waals surface area contributed by atoms with Crippen LogP contribution in [0.5, 0.6) is 0 Å². The predicted octanol–water partition coefficient (Wildman–Crippen LogP) is 3.92. The molecule has 2 fully saturated rings. The molecule has 224 valence electrons. The van der Waals surface area contributed by atoms with Gasteiger partial charge in [0.1, 0.15) is 6.04 Å². The monoisotopic (exact) mass is 572 g/mol. The predicted molar refractivity (Wildman–Crippen MR) is 164 cm³/mol. The summed E-state index contributed by atoms with van der Waals surface area (Å²) in [7, 11) is 0. The second-order valence-electron chi connectivity index (χ2n) is 12.3. The highest BCUT2D eigenvalue weighted by atomic mass is 16.5. The van der Waals surface area contributed by atoms with E-state index in [0.717, 1.165) is 29.7 Å². The first kappa shape index (κ1) is 30.0. The summed E-state index contributed by atoms with van der Waals surface area (Å²) in [5.41, 5.74) is 3.49.